The molecule has 0 bridgehead atoms. The lowest BCUT2D eigenvalue weighted by Crippen LogP contribution is -2.37. The van der Waals surface area contributed by atoms with Crippen LogP contribution in [0.1, 0.15) is 6.42 Å². The molecule has 25 heavy (non-hydrogen) atoms. The zero-order chi connectivity index (χ0) is 18.4. The van der Waals surface area contributed by atoms with E-state index in [0.29, 0.717) is 5.69 Å². The molecule has 1 atom stereocenters. The Bertz CT molecular complexity index is 850. The standard InChI is InChI=1S/C18H22N2O4S/c1-24-17-9-4-3-8-15(17)13-6-5-7-14(12-13)20-18(21)16(19)10-11-25(2,22)23/h3-9,12,16H,10-11,19H2,1-2H3,(H,20,21). The van der Waals surface area contributed by atoms with Crippen LogP contribution in [-0.2, 0) is 14.6 Å². The minimum absolute atomic E-state index is 0.0802. The van der Waals surface area contributed by atoms with Crippen LogP contribution in [0, 0.1) is 0 Å². The number of anilines is 1. The molecule has 2 aromatic carbocycles. The van der Waals surface area contributed by atoms with Gasteiger partial charge < -0.3 is 15.8 Å². The van der Waals surface area contributed by atoms with Crippen molar-refractivity contribution in [3.63, 3.8) is 0 Å². The Labute approximate surface area is 147 Å². The Kier molecular flexibility index (Phi) is 6.17. The maximum atomic E-state index is 12.1. The van der Waals surface area contributed by atoms with Gasteiger partial charge in [0.1, 0.15) is 15.6 Å². The molecular formula is C18H22N2O4S. The number of hydrogen-bond acceptors (Lipinski definition) is 5. The summed E-state index contributed by atoms with van der Waals surface area (Å²) < 4.78 is 27.7. The van der Waals surface area contributed by atoms with Crippen molar-refractivity contribution in [1.29, 1.82) is 0 Å². The third-order valence-electron chi connectivity index (χ3n) is 3.68. The van der Waals surface area contributed by atoms with E-state index in [-0.39, 0.29) is 12.2 Å². The molecule has 2 aromatic rings. The number of nitrogens with one attached hydrogen (secondary N) is 1. The summed E-state index contributed by atoms with van der Waals surface area (Å²) >= 11 is 0. The third-order valence-corrected chi connectivity index (χ3v) is 4.66. The fourth-order valence-corrected chi connectivity index (χ4v) is 3.04. The van der Waals surface area contributed by atoms with Gasteiger partial charge in [-0.25, -0.2) is 8.42 Å². The molecule has 7 heteroatoms. The number of carbonyl (C=O) groups is 1. The first-order chi connectivity index (χ1) is 11.8. The van der Waals surface area contributed by atoms with Gasteiger partial charge in [0.05, 0.1) is 18.9 Å². The second-order valence-corrected chi connectivity index (χ2v) is 8.06. The molecule has 2 rings (SSSR count). The molecule has 0 spiro atoms. The Morgan fingerprint density at radius 3 is 2.60 bits per heavy atom. The summed E-state index contributed by atoms with van der Waals surface area (Å²) in [6.07, 6.45) is 1.20. The van der Waals surface area contributed by atoms with Crippen molar-refractivity contribution in [2.45, 2.75) is 12.5 Å². The first-order valence-corrected chi connectivity index (χ1v) is 9.84. The quantitative estimate of drug-likeness (QED) is 0.785. The summed E-state index contributed by atoms with van der Waals surface area (Å²) in [4.78, 5) is 12.1. The molecule has 0 radical (unpaired) electrons. The highest BCUT2D eigenvalue weighted by molar-refractivity contribution is 7.90. The monoisotopic (exact) mass is 362 g/mol. The lowest BCUT2D eigenvalue weighted by Gasteiger charge is -2.13. The van der Waals surface area contributed by atoms with Crippen molar-refractivity contribution in [2.75, 3.05) is 24.4 Å². The fraction of sp³-hybridized carbons (Fsp3) is 0.278. The highest BCUT2D eigenvalue weighted by Crippen LogP contribution is 2.30. The molecular weight excluding hydrogens is 340 g/mol. The highest BCUT2D eigenvalue weighted by Gasteiger charge is 2.16. The molecule has 0 aromatic heterocycles. The molecule has 1 unspecified atom stereocenters. The minimum Gasteiger partial charge on any atom is -0.496 e. The van der Waals surface area contributed by atoms with E-state index in [0.717, 1.165) is 23.1 Å². The van der Waals surface area contributed by atoms with Gasteiger partial charge in [-0.3, -0.25) is 4.79 Å². The van der Waals surface area contributed by atoms with Crippen molar-refractivity contribution in [3.05, 3.63) is 48.5 Å². The summed E-state index contributed by atoms with van der Waals surface area (Å²) in [5.41, 5.74) is 8.15. The predicted molar refractivity (Wildman–Crippen MR) is 99.4 cm³/mol. The molecule has 6 nitrogen and oxygen atoms in total. The number of benzene rings is 2. The number of carbonyl (C=O) groups excluding carboxylic acids is 1. The van der Waals surface area contributed by atoms with E-state index in [4.69, 9.17) is 10.5 Å². The van der Waals surface area contributed by atoms with Gasteiger partial charge in [0.2, 0.25) is 5.91 Å². The Hall–Kier alpha value is -2.38. The Balaban J connectivity index is 2.12. The lowest BCUT2D eigenvalue weighted by atomic mass is 10.0. The molecule has 0 aliphatic heterocycles. The number of ether oxygens (including phenoxy) is 1. The van der Waals surface area contributed by atoms with Crippen LogP contribution in [0.25, 0.3) is 11.1 Å². The first-order valence-electron chi connectivity index (χ1n) is 7.78. The topological polar surface area (TPSA) is 98.5 Å². The van der Waals surface area contributed by atoms with Crippen LogP contribution in [0.2, 0.25) is 0 Å². The van der Waals surface area contributed by atoms with E-state index in [1.807, 2.05) is 42.5 Å². The van der Waals surface area contributed by atoms with E-state index in [2.05, 4.69) is 5.32 Å². The van der Waals surface area contributed by atoms with Gasteiger partial charge >= 0.3 is 0 Å². The van der Waals surface area contributed by atoms with Crippen LogP contribution in [-0.4, -0.2) is 39.5 Å². The molecule has 0 heterocycles. The van der Waals surface area contributed by atoms with E-state index in [1.54, 1.807) is 13.2 Å². The summed E-state index contributed by atoms with van der Waals surface area (Å²) in [5, 5.41) is 2.73. The van der Waals surface area contributed by atoms with Gasteiger partial charge in [0, 0.05) is 17.5 Å². The molecule has 0 aliphatic rings. The predicted octanol–water partition coefficient (Wildman–Crippen LogP) is 2.06. The van der Waals surface area contributed by atoms with Crippen molar-refractivity contribution in [1.82, 2.24) is 0 Å². The normalized spacial score (nSPS) is 12.4. The average molecular weight is 362 g/mol. The zero-order valence-electron chi connectivity index (χ0n) is 14.2. The van der Waals surface area contributed by atoms with Crippen molar-refractivity contribution in [3.8, 4) is 16.9 Å². The first kappa shape index (κ1) is 19.0. The van der Waals surface area contributed by atoms with Gasteiger partial charge in [-0.1, -0.05) is 30.3 Å². The van der Waals surface area contributed by atoms with Crippen LogP contribution >= 0.6 is 0 Å². The number of methoxy groups -OCH3 is 1. The second kappa shape index (κ2) is 8.13. The minimum atomic E-state index is -3.15. The zero-order valence-corrected chi connectivity index (χ0v) is 15.0. The van der Waals surface area contributed by atoms with E-state index in [9.17, 15) is 13.2 Å². The fourth-order valence-electron chi connectivity index (χ4n) is 2.35. The molecule has 0 saturated carbocycles. The Morgan fingerprint density at radius 1 is 1.20 bits per heavy atom. The smallest absolute Gasteiger partial charge is 0.241 e. The van der Waals surface area contributed by atoms with Crippen LogP contribution in [0.5, 0.6) is 5.75 Å². The summed E-state index contributed by atoms with van der Waals surface area (Å²) in [5.74, 6) is 0.194. The van der Waals surface area contributed by atoms with Gasteiger partial charge in [-0.05, 0) is 30.2 Å². The van der Waals surface area contributed by atoms with Crippen molar-refractivity contribution in [2.24, 2.45) is 5.73 Å². The van der Waals surface area contributed by atoms with Crippen LogP contribution < -0.4 is 15.8 Å². The number of para-hydroxylation sites is 1. The van der Waals surface area contributed by atoms with Gasteiger partial charge in [0.15, 0.2) is 0 Å². The number of amides is 1. The van der Waals surface area contributed by atoms with E-state index in [1.165, 1.54) is 0 Å². The summed E-state index contributed by atoms with van der Waals surface area (Å²) in [6.45, 7) is 0. The average Bonchev–Trinajstić information content (AvgIpc) is 2.59. The lowest BCUT2D eigenvalue weighted by molar-refractivity contribution is -0.117. The van der Waals surface area contributed by atoms with E-state index >= 15 is 0 Å². The molecule has 0 aliphatic carbocycles. The summed E-state index contributed by atoms with van der Waals surface area (Å²) in [6, 6.07) is 14.0. The summed E-state index contributed by atoms with van der Waals surface area (Å²) in [7, 11) is -1.55. The van der Waals surface area contributed by atoms with Gasteiger partial charge in [-0.15, -0.1) is 0 Å². The van der Waals surface area contributed by atoms with E-state index < -0.39 is 21.8 Å². The largest absolute Gasteiger partial charge is 0.496 e. The van der Waals surface area contributed by atoms with Crippen molar-refractivity contribution < 1.29 is 17.9 Å². The van der Waals surface area contributed by atoms with Crippen LogP contribution in [0.15, 0.2) is 48.5 Å². The number of nitrogens with two attached hydrogens (primary N) is 1. The van der Waals surface area contributed by atoms with Gasteiger partial charge in [-0.2, -0.15) is 0 Å². The molecule has 3 N–H and O–H groups in total. The van der Waals surface area contributed by atoms with Crippen LogP contribution in [0.3, 0.4) is 0 Å². The molecule has 1 amide bonds. The molecule has 0 saturated heterocycles. The van der Waals surface area contributed by atoms with Gasteiger partial charge in [0.25, 0.3) is 0 Å². The molecule has 0 fully saturated rings. The Morgan fingerprint density at radius 2 is 1.92 bits per heavy atom. The molecule has 134 valence electrons. The highest BCUT2D eigenvalue weighted by atomic mass is 32.2. The SMILES string of the molecule is COc1ccccc1-c1cccc(NC(=O)C(N)CCS(C)(=O)=O)c1. The second-order valence-electron chi connectivity index (χ2n) is 5.80. The number of rotatable bonds is 7. The maximum Gasteiger partial charge on any atom is 0.241 e. The number of hydrogen-bond donors (Lipinski definition) is 2. The van der Waals surface area contributed by atoms with Crippen LogP contribution in [0.4, 0.5) is 5.69 Å². The third kappa shape index (κ3) is 5.58. The van der Waals surface area contributed by atoms with Crippen molar-refractivity contribution >= 4 is 21.4 Å². The number of sulfone groups is 1. The maximum absolute atomic E-state index is 12.1.